The van der Waals surface area contributed by atoms with Crippen molar-refractivity contribution in [2.75, 3.05) is 32.8 Å². The van der Waals surface area contributed by atoms with E-state index in [1.54, 1.807) is 0 Å². The van der Waals surface area contributed by atoms with Crippen molar-refractivity contribution in [1.82, 2.24) is 19.9 Å². The van der Waals surface area contributed by atoms with Crippen LogP contribution in [-0.4, -0.2) is 58.6 Å². The summed E-state index contributed by atoms with van der Waals surface area (Å²) in [6.45, 7) is 6.71. The molecule has 2 heterocycles. The first kappa shape index (κ1) is 19.1. The highest BCUT2D eigenvalue weighted by Gasteiger charge is 2.22. The first-order valence-corrected chi connectivity index (χ1v) is 9.83. The van der Waals surface area contributed by atoms with Crippen LogP contribution in [0.4, 0.5) is 0 Å². The van der Waals surface area contributed by atoms with E-state index in [2.05, 4.69) is 27.2 Å². The number of ether oxygens (including phenoxy) is 1. The van der Waals surface area contributed by atoms with Gasteiger partial charge in [0, 0.05) is 43.9 Å². The van der Waals surface area contributed by atoms with Crippen molar-refractivity contribution in [2.45, 2.75) is 13.5 Å². The first-order valence-electron chi connectivity index (χ1n) is 9.83. The van der Waals surface area contributed by atoms with Gasteiger partial charge in [-0.2, -0.15) is 4.98 Å². The minimum atomic E-state index is 0.0605. The fraction of sp³-hybridized carbons (Fsp3) is 0.318. The number of nitrogens with zero attached hydrogens (tertiary/aromatic N) is 4. The van der Waals surface area contributed by atoms with Crippen LogP contribution in [0.3, 0.4) is 0 Å². The molecule has 0 N–H and O–H groups in total. The van der Waals surface area contributed by atoms with Crippen molar-refractivity contribution in [3.05, 3.63) is 66.1 Å². The van der Waals surface area contributed by atoms with Gasteiger partial charge in [0.25, 0.3) is 5.91 Å². The molecule has 1 aromatic heterocycles. The Kier molecular flexibility index (Phi) is 5.86. The van der Waals surface area contributed by atoms with Crippen LogP contribution in [0.1, 0.15) is 22.8 Å². The molecule has 150 valence electrons. The van der Waals surface area contributed by atoms with Gasteiger partial charge in [-0.25, -0.2) is 0 Å². The highest BCUT2D eigenvalue weighted by atomic mass is 16.5. The van der Waals surface area contributed by atoms with Gasteiger partial charge < -0.3 is 14.2 Å². The molecule has 0 aliphatic carbocycles. The third-order valence-corrected chi connectivity index (χ3v) is 5.05. The van der Waals surface area contributed by atoms with E-state index in [0.29, 0.717) is 18.0 Å². The lowest BCUT2D eigenvalue weighted by Gasteiger charge is -2.34. The van der Waals surface area contributed by atoms with Crippen LogP contribution < -0.4 is 4.74 Å². The number of hydrogen-bond acceptors (Lipinski definition) is 6. The second-order valence-corrected chi connectivity index (χ2v) is 6.98. The van der Waals surface area contributed by atoms with Gasteiger partial charge in [0.2, 0.25) is 12.2 Å². The molecular formula is C22H24N4O3. The van der Waals surface area contributed by atoms with E-state index in [9.17, 15) is 4.79 Å². The van der Waals surface area contributed by atoms with Crippen LogP contribution in [0.25, 0.3) is 11.4 Å². The van der Waals surface area contributed by atoms with Gasteiger partial charge in [0.1, 0.15) is 5.75 Å². The normalized spacial score (nSPS) is 14.7. The van der Waals surface area contributed by atoms with Gasteiger partial charge in [-0.3, -0.25) is 9.69 Å². The molecule has 7 nitrogen and oxygen atoms in total. The molecule has 0 spiro atoms. The topological polar surface area (TPSA) is 71.7 Å². The number of carbonyl (C=O) groups is 1. The maximum atomic E-state index is 12.8. The summed E-state index contributed by atoms with van der Waals surface area (Å²) >= 11 is 0. The highest BCUT2D eigenvalue weighted by molar-refractivity contribution is 5.94. The van der Waals surface area contributed by atoms with Crippen LogP contribution >= 0.6 is 0 Å². The maximum Gasteiger partial charge on any atom is 0.253 e. The third kappa shape index (κ3) is 4.63. The fourth-order valence-electron chi connectivity index (χ4n) is 3.47. The van der Waals surface area contributed by atoms with E-state index < -0.39 is 0 Å². The standard InChI is InChI=1S/C22H24N4O3/c1-2-28-20-9-3-17(4-10-20)15-25-11-13-26(14-12-25)22(27)19-7-5-18(6-8-19)21-23-16-29-24-21/h3-10,16H,2,11-15H2,1H3. The Morgan fingerprint density at radius 2 is 1.76 bits per heavy atom. The average Bonchev–Trinajstić information content (AvgIpc) is 3.31. The number of carbonyl (C=O) groups excluding carboxylic acids is 1. The predicted octanol–water partition coefficient (Wildman–Crippen LogP) is 3.09. The summed E-state index contributed by atoms with van der Waals surface area (Å²) in [5, 5.41) is 3.81. The zero-order chi connectivity index (χ0) is 20.1. The minimum absolute atomic E-state index is 0.0605. The molecule has 0 bridgehead atoms. The molecule has 3 aromatic rings. The van der Waals surface area contributed by atoms with Crippen LogP contribution in [0, 0.1) is 0 Å². The van der Waals surface area contributed by atoms with Crippen LogP contribution in [-0.2, 0) is 6.54 Å². The highest BCUT2D eigenvalue weighted by Crippen LogP contribution is 2.18. The van der Waals surface area contributed by atoms with E-state index in [1.807, 2.05) is 48.2 Å². The lowest BCUT2D eigenvalue weighted by atomic mass is 10.1. The lowest BCUT2D eigenvalue weighted by molar-refractivity contribution is 0.0628. The summed E-state index contributed by atoms with van der Waals surface area (Å²) in [5.41, 5.74) is 2.76. The molecule has 1 amide bonds. The summed E-state index contributed by atoms with van der Waals surface area (Å²) in [5.74, 6) is 1.48. The Hall–Kier alpha value is -3.19. The molecule has 1 aliphatic heterocycles. The summed E-state index contributed by atoms with van der Waals surface area (Å²) < 4.78 is 10.3. The average molecular weight is 392 g/mol. The van der Waals surface area contributed by atoms with E-state index in [4.69, 9.17) is 9.26 Å². The first-order chi connectivity index (χ1) is 14.2. The summed E-state index contributed by atoms with van der Waals surface area (Å²) in [6.07, 6.45) is 1.29. The van der Waals surface area contributed by atoms with Gasteiger partial charge in [-0.15, -0.1) is 0 Å². The Morgan fingerprint density at radius 1 is 1.03 bits per heavy atom. The van der Waals surface area contributed by atoms with Crippen molar-refractivity contribution in [3.63, 3.8) is 0 Å². The second-order valence-electron chi connectivity index (χ2n) is 6.98. The quantitative estimate of drug-likeness (QED) is 0.642. The van der Waals surface area contributed by atoms with E-state index >= 15 is 0 Å². The minimum Gasteiger partial charge on any atom is -0.494 e. The molecule has 1 saturated heterocycles. The second kappa shape index (κ2) is 8.87. The largest absolute Gasteiger partial charge is 0.494 e. The predicted molar refractivity (Wildman–Crippen MR) is 109 cm³/mol. The monoisotopic (exact) mass is 392 g/mol. The van der Waals surface area contributed by atoms with Crippen molar-refractivity contribution in [1.29, 1.82) is 0 Å². The summed E-state index contributed by atoms with van der Waals surface area (Å²) in [4.78, 5) is 21.1. The van der Waals surface area contributed by atoms with Crippen molar-refractivity contribution in [3.8, 4) is 17.1 Å². The Morgan fingerprint density at radius 3 is 2.38 bits per heavy atom. The number of hydrogen-bond donors (Lipinski definition) is 0. The molecule has 4 rings (SSSR count). The Balaban J connectivity index is 1.30. The molecule has 2 aromatic carbocycles. The molecule has 29 heavy (non-hydrogen) atoms. The number of amides is 1. The molecule has 1 fully saturated rings. The number of benzene rings is 2. The van der Waals surface area contributed by atoms with Crippen LogP contribution in [0.5, 0.6) is 5.75 Å². The van der Waals surface area contributed by atoms with E-state index in [1.165, 1.54) is 12.0 Å². The van der Waals surface area contributed by atoms with Crippen LogP contribution in [0.15, 0.2) is 59.4 Å². The van der Waals surface area contributed by atoms with Gasteiger partial charge in [-0.05, 0) is 36.8 Å². The van der Waals surface area contributed by atoms with Gasteiger partial charge >= 0.3 is 0 Å². The third-order valence-electron chi connectivity index (χ3n) is 5.05. The van der Waals surface area contributed by atoms with Crippen LogP contribution in [0.2, 0.25) is 0 Å². The zero-order valence-electron chi connectivity index (χ0n) is 16.5. The van der Waals surface area contributed by atoms with Crippen molar-refractivity contribution in [2.24, 2.45) is 0 Å². The summed E-state index contributed by atoms with van der Waals surface area (Å²) in [6, 6.07) is 15.6. The lowest BCUT2D eigenvalue weighted by Crippen LogP contribution is -2.48. The maximum absolute atomic E-state index is 12.8. The number of rotatable bonds is 6. The van der Waals surface area contributed by atoms with E-state index in [-0.39, 0.29) is 5.91 Å². The smallest absolute Gasteiger partial charge is 0.253 e. The molecule has 0 saturated carbocycles. The molecule has 0 unspecified atom stereocenters. The SMILES string of the molecule is CCOc1ccc(CN2CCN(C(=O)c3ccc(-c4ncon4)cc3)CC2)cc1. The fourth-order valence-corrected chi connectivity index (χ4v) is 3.47. The molecule has 7 heteroatoms. The summed E-state index contributed by atoms with van der Waals surface area (Å²) in [7, 11) is 0. The van der Waals surface area contributed by atoms with Gasteiger partial charge in [0.15, 0.2) is 0 Å². The van der Waals surface area contributed by atoms with Gasteiger partial charge in [0.05, 0.1) is 6.61 Å². The molecule has 0 radical (unpaired) electrons. The number of aromatic nitrogens is 2. The molecule has 1 aliphatic rings. The van der Waals surface area contributed by atoms with Crippen molar-refractivity contribution < 1.29 is 14.1 Å². The van der Waals surface area contributed by atoms with E-state index in [0.717, 1.165) is 44.0 Å². The molecule has 0 atom stereocenters. The van der Waals surface area contributed by atoms with Gasteiger partial charge in [-0.1, -0.05) is 29.4 Å². The Labute approximate surface area is 169 Å². The Bertz CT molecular complexity index is 916. The zero-order valence-corrected chi connectivity index (χ0v) is 16.5. The molecular weight excluding hydrogens is 368 g/mol. The number of piperazine rings is 1. The van der Waals surface area contributed by atoms with Crippen molar-refractivity contribution >= 4 is 5.91 Å².